The maximum Gasteiger partial charge on any atom is 2.00 e. The third-order valence-corrected chi connectivity index (χ3v) is 5.00. The van der Waals surface area contributed by atoms with Crippen LogP contribution < -0.4 is 9.64 Å². The van der Waals surface area contributed by atoms with Crippen LogP contribution in [-0.4, -0.2) is 30.2 Å². The van der Waals surface area contributed by atoms with E-state index in [1.54, 1.807) is 7.11 Å². The van der Waals surface area contributed by atoms with Gasteiger partial charge in [-0.15, -0.1) is 0 Å². The van der Waals surface area contributed by atoms with Gasteiger partial charge in [0, 0.05) is 24.6 Å². The number of anilines is 1. The largest absolute Gasteiger partial charge is 2.00 e. The Morgan fingerprint density at radius 2 is 1.33 bits per heavy atom. The molecule has 152 valence electrons. The Bertz CT molecular complexity index is 723. The Balaban J connectivity index is 0.000000376. The zero-order valence-electron chi connectivity index (χ0n) is 17.0. The molecule has 1 aromatic carbocycles. The third kappa shape index (κ3) is 5.98. The predicted octanol–water partition coefficient (Wildman–Crippen LogP) is 4.52. The van der Waals surface area contributed by atoms with Crippen molar-refractivity contribution in [3.8, 4) is 17.0 Å². The fourth-order valence-electron chi connectivity index (χ4n) is 3.42. The van der Waals surface area contributed by atoms with Crippen LogP contribution in [0.2, 0.25) is 0 Å². The topological polar surface area (TPSA) is 38.2 Å². The van der Waals surface area contributed by atoms with Crippen LogP contribution in [0.5, 0.6) is 5.75 Å². The number of rotatable bonds is 4. The summed E-state index contributed by atoms with van der Waals surface area (Å²) in [6, 6.07) is 10.1. The van der Waals surface area contributed by atoms with E-state index in [-0.39, 0.29) is 17.1 Å². The zero-order chi connectivity index (χ0) is 19.9. The van der Waals surface area contributed by atoms with E-state index in [0.29, 0.717) is 0 Å². The molecule has 1 aromatic heterocycles. The molecule has 3 aliphatic rings. The van der Waals surface area contributed by atoms with Crippen molar-refractivity contribution in [3.05, 3.63) is 99.7 Å². The van der Waals surface area contributed by atoms with Gasteiger partial charge in [0.15, 0.2) is 0 Å². The molecular formula is C25H25FeN3O+2. The molecule has 0 unspecified atom stereocenters. The van der Waals surface area contributed by atoms with Crippen molar-refractivity contribution in [1.29, 1.82) is 0 Å². The molecule has 5 heteroatoms. The fourth-order valence-corrected chi connectivity index (χ4v) is 3.42. The smallest absolute Gasteiger partial charge is 0.497 e. The molecule has 0 bridgehead atoms. The van der Waals surface area contributed by atoms with Gasteiger partial charge in [0.1, 0.15) is 5.75 Å². The molecule has 10 radical (unpaired) electrons. The molecule has 2 saturated carbocycles. The molecule has 5 rings (SSSR count). The van der Waals surface area contributed by atoms with Crippen molar-refractivity contribution in [1.82, 2.24) is 9.97 Å². The van der Waals surface area contributed by atoms with Gasteiger partial charge in [-0.05, 0) is 101 Å². The quantitative estimate of drug-likeness (QED) is 0.657. The molecule has 0 amide bonds. The number of aromatic nitrogens is 2. The van der Waals surface area contributed by atoms with Crippen molar-refractivity contribution in [2.75, 3.05) is 25.1 Å². The van der Waals surface area contributed by atoms with Gasteiger partial charge >= 0.3 is 17.1 Å². The van der Waals surface area contributed by atoms with Gasteiger partial charge in [-0.1, -0.05) is 0 Å². The van der Waals surface area contributed by atoms with E-state index in [1.165, 1.54) is 12.8 Å². The average molecular weight is 439 g/mol. The molecular weight excluding hydrogens is 414 g/mol. The van der Waals surface area contributed by atoms with E-state index in [0.717, 1.165) is 47.7 Å². The molecule has 4 nitrogen and oxygen atoms in total. The minimum Gasteiger partial charge on any atom is -0.497 e. The molecule has 3 fully saturated rings. The summed E-state index contributed by atoms with van der Waals surface area (Å²) in [6.07, 6.45) is 20.7. The molecule has 1 aliphatic heterocycles. The number of benzene rings is 1. The van der Waals surface area contributed by atoms with Gasteiger partial charge in [0.05, 0.1) is 18.5 Å². The normalized spacial score (nSPS) is 18.6. The molecule has 30 heavy (non-hydrogen) atoms. The van der Waals surface area contributed by atoms with Crippen LogP contribution in [0.15, 0.2) is 30.3 Å². The summed E-state index contributed by atoms with van der Waals surface area (Å²) in [7, 11) is 1.68. The van der Waals surface area contributed by atoms with Crippen LogP contribution in [0.25, 0.3) is 11.3 Å². The van der Waals surface area contributed by atoms with Crippen molar-refractivity contribution in [2.24, 2.45) is 0 Å². The van der Waals surface area contributed by atoms with E-state index >= 15 is 0 Å². The van der Waals surface area contributed by atoms with E-state index in [4.69, 9.17) is 14.7 Å². The van der Waals surface area contributed by atoms with Crippen molar-refractivity contribution < 1.29 is 21.8 Å². The molecule has 0 N–H and O–H groups in total. The Morgan fingerprint density at radius 3 is 1.90 bits per heavy atom. The number of hydrogen-bond donors (Lipinski definition) is 0. The molecule has 0 spiro atoms. The summed E-state index contributed by atoms with van der Waals surface area (Å²) in [4.78, 5) is 11.9. The Kier molecular flexibility index (Phi) is 9.02. The monoisotopic (exact) mass is 439 g/mol. The first-order valence-electron chi connectivity index (χ1n) is 10.0. The van der Waals surface area contributed by atoms with Crippen LogP contribution in [0.3, 0.4) is 0 Å². The van der Waals surface area contributed by atoms with Crippen molar-refractivity contribution >= 4 is 5.95 Å². The first-order valence-corrected chi connectivity index (χ1v) is 10.0. The van der Waals surface area contributed by atoms with Gasteiger partial charge in [0.25, 0.3) is 0 Å². The summed E-state index contributed by atoms with van der Waals surface area (Å²) < 4.78 is 5.25. The molecule has 2 heterocycles. The zero-order valence-corrected chi connectivity index (χ0v) is 18.1. The van der Waals surface area contributed by atoms with Crippen molar-refractivity contribution in [2.45, 2.75) is 12.8 Å². The van der Waals surface area contributed by atoms with E-state index in [9.17, 15) is 0 Å². The van der Waals surface area contributed by atoms with E-state index < -0.39 is 0 Å². The standard InChI is InChI=1S/C20H20N3O.C5H5.Fe/c1-24-17-10-8-16(9-11-17)19-14-18(15-6-2-3-7-15)21-20(22-19)23-12-4-5-13-23;1-2-4-5-3-1;/h2-3,6-11,14H,4-5,12-13H2,1H3;1-5H;/q;;+2. The van der Waals surface area contributed by atoms with Crippen LogP contribution in [-0.2, 0) is 17.1 Å². The predicted molar refractivity (Wildman–Crippen MR) is 117 cm³/mol. The Labute approximate surface area is 192 Å². The summed E-state index contributed by atoms with van der Waals surface area (Å²) in [5, 5.41) is 0. The fraction of sp³-hybridized carbons (Fsp3) is 0.200. The first-order chi connectivity index (χ1) is 14.3. The molecule has 2 aliphatic carbocycles. The summed E-state index contributed by atoms with van der Waals surface area (Å²) in [6.45, 7) is 2.07. The Morgan fingerprint density at radius 1 is 0.767 bits per heavy atom. The maximum atomic E-state index is 5.25. The second kappa shape index (κ2) is 11.7. The molecule has 1 saturated heterocycles. The Hall–Kier alpha value is -1.58. The molecule has 0 atom stereocenters. The van der Waals surface area contributed by atoms with Gasteiger partial charge in [-0.2, -0.15) is 0 Å². The number of ether oxygens (including phenoxy) is 1. The second-order valence-corrected chi connectivity index (χ2v) is 7.00. The van der Waals surface area contributed by atoms with Crippen LogP contribution in [0, 0.1) is 63.7 Å². The van der Waals surface area contributed by atoms with Gasteiger partial charge in [-0.25, -0.2) is 9.97 Å². The minimum absolute atomic E-state index is 0. The average Bonchev–Trinajstić information content (AvgIpc) is 3.56. The molecule has 2 aromatic rings. The third-order valence-electron chi connectivity index (χ3n) is 5.00. The van der Waals surface area contributed by atoms with E-state index in [2.05, 4.69) is 23.8 Å². The van der Waals surface area contributed by atoms with Gasteiger partial charge in [0.2, 0.25) is 5.95 Å². The van der Waals surface area contributed by atoms with E-state index in [1.807, 2.05) is 69.2 Å². The van der Waals surface area contributed by atoms with Crippen LogP contribution >= 0.6 is 0 Å². The summed E-state index contributed by atoms with van der Waals surface area (Å²) >= 11 is 0. The minimum atomic E-state index is 0. The van der Waals surface area contributed by atoms with Gasteiger partial charge in [-0.3, -0.25) is 0 Å². The summed E-state index contributed by atoms with van der Waals surface area (Å²) in [5.74, 6) is 2.81. The maximum absolute atomic E-state index is 5.25. The number of nitrogens with zero attached hydrogens (tertiary/aromatic N) is 3. The number of methoxy groups -OCH3 is 1. The van der Waals surface area contributed by atoms with Crippen LogP contribution in [0.4, 0.5) is 5.95 Å². The van der Waals surface area contributed by atoms with Crippen molar-refractivity contribution in [3.63, 3.8) is 0 Å². The first kappa shape index (κ1) is 23.1. The number of hydrogen-bond acceptors (Lipinski definition) is 4. The van der Waals surface area contributed by atoms with Gasteiger partial charge < -0.3 is 9.64 Å². The SMILES string of the molecule is COc1ccc(-c2cc([C]3[CH][CH][CH][CH]3)nc(N3CCCC3)n2)cc1.[CH]1[CH][CH][CH][CH]1.[Fe+2]. The second-order valence-electron chi connectivity index (χ2n) is 7.00. The van der Waals surface area contributed by atoms with Crippen LogP contribution in [0.1, 0.15) is 18.5 Å². The summed E-state index contributed by atoms with van der Waals surface area (Å²) in [5.41, 5.74) is 3.00.